The maximum Gasteiger partial charge on any atom is 0.185 e. The Kier molecular flexibility index (Phi) is 5.27. The minimum Gasteiger partial charge on any atom is -0.369 e. The lowest BCUT2D eigenvalue weighted by Gasteiger charge is -2.34. The first-order valence-corrected chi connectivity index (χ1v) is 8.42. The monoisotopic (exact) mass is 331 g/mol. The molecule has 0 amide bonds. The molecular formula is C21H21N3O. The molecule has 3 rings (SSSR count). The molecule has 126 valence electrons. The van der Waals surface area contributed by atoms with Crippen LogP contribution in [-0.4, -0.2) is 43.9 Å². The van der Waals surface area contributed by atoms with Crippen LogP contribution in [0, 0.1) is 11.3 Å². The third kappa shape index (κ3) is 4.34. The fraction of sp³-hybridized carbons (Fsp3) is 0.238. The van der Waals surface area contributed by atoms with E-state index < -0.39 is 0 Å². The smallest absolute Gasteiger partial charge is 0.185 e. The van der Waals surface area contributed by atoms with Crippen LogP contribution < -0.4 is 4.90 Å². The highest BCUT2D eigenvalue weighted by molar-refractivity contribution is 6.07. The Labute approximate surface area is 148 Å². The first-order valence-electron chi connectivity index (χ1n) is 8.42. The minimum atomic E-state index is -0.0192. The van der Waals surface area contributed by atoms with Crippen molar-refractivity contribution in [1.29, 1.82) is 5.26 Å². The average Bonchev–Trinajstić information content (AvgIpc) is 2.67. The number of likely N-dealkylation sites (N-methyl/N-ethyl adjacent to an activating group) is 1. The Hall–Kier alpha value is -2.90. The summed E-state index contributed by atoms with van der Waals surface area (Å²) >= 11 is 0. The topological polar surface area (TPSA) is 47.3 Å². The highest BCUT2D eigenvalue weighted by Crippen LogP contribution is 2.17. The van der Waals surface area contributed by atoms with E-state index in [1.807, 2.05) is 36.4 Å². The van der Waals surface area contributed by atoms with Crippen LogP contribution in [0.25, 0.3) is 6.08 Å². The number of nitrogens with zero attached hydrogens (tertiary/aromatic N) is 3. The molecule has 1 heterocycles. The van der Waals surface area contributed by atoms with E-state index in [0.717, 1.165) is 31.7 Å². The van der Waals surface area contributed by atoms with Crippen molar-refractivity contribution in [2.45, 2.75) is 0 Å². The van der Waals surface area contributed by atoms with Crippen LogP contribution in [0.5, 0.6) is 0 Å². The van der Waals surface area contributed by atoms with Crippen molar-refractivity contribution in [3.8, 4) is 6.07 Å². The molecule has 0 unspecified atom stereocenters. The van der Waals surface area contributed by atoms with Crippen LogP contribution in [-0.2, 0) is 0 Å². The van der Waals surface area contributed by atoms with E-state index >= 15 is 0 Å². The van der Waals surface area contributed by atoms with Crippen molar-refractivity contribution in [2.24, 2.45) is 0 Å². The van der Waals surface area contributed by atoms with Crippen LogP contribution in [0.1, 0.15) is 21.5 Å². The number of nitriles is 1. The number of ketones is 1. The lowest BCUT2D eigenvalue weighted by atomic mass is 10.1. The van der Waals surface area contributed by atoms with Crippen LogP contribution in [0.2, 0.25) is 0 Å². The van der Waals surface area contributed by atoms with Crippen molar-refractivity contribution in [3.05, 3.63) is 71.3 Å². The highest BCUT2D eigenvalue weighted by Gasteiger charge is 2.14. The van der Waals surface area contributed by atoms with Crippen molar-refractivity contribution >= 4 is 17.5 Å². The van der Waals surface area contributed by atoms with Gasteiger partial charge in [0.1, 0.15) is 0 Å². The van der Waals surface area contributed by atoms with Crippen molar-refractivity contribution in [1.82, 2.24) is 4.90 Å². The zero-order chi connectivity index (χ0) is 17.6. The first kappa shape index (κ1) is 16.9. The Bertz CT molecular complexity index is 793. The Balaban J connectivity index is 1.64. The third-order valence-corrected chi connectivity index (χ3v) is 4.49. The lowest BCUT2D eigenvalue weighted by molar-refractivity contribution is 0.104. The molecule has 1 aliphatic heterocycles. The molecular weight excluding hydrogens is 310 g/mol. The van der Waals surface area contributed by atoms with E-state index in [-0.39, 0.29) is 5.78 Å². The van der Waals surface area contributed by atoms with E-state index in [2.05, 4.69) is 22.9 Å². The minimum absolute atomic E-state index is 0.0192. The van der Waals surface area contributed by atoms with Crippen LogP contribution >= 0.6 is 0 Å². The molecule has 0 N–H and O–H groups in total. The molecule has 0 atom stereocenters. The predicted octanol–water partition coefficient (Wildman–Crippen LogP) is 3.21. The molecule has 1 fully saturated rings. The molecule has 2 aromatic rings. The standard InChI is InChI=1S/C21H21N3O/c1-23-12-14-24(15-13-23)20-9-7-19(8-10-20)21(25)11-6-17-2-4-18(16-22)5-3-17/h2-11H,12-15H2,1H3/b11-6+. The second-order valence-electron chi connectivity index (χ2n) is 6.27. The second-order valence-corrected chi connectivity index (χ2v) is 6.27. The summed E-state index contributed by atoms with van der Waals surface area (Å²) in [7, 11) is 2.14. The van der Waals surface area contributed by atoms with Gasteiger partial charge in [-0.1, -0.05) is 18.2 Å². The number of piperazine rings is 1. The second kappa shape index (κ2) is 7.78. The van der Waals surface area contributed by atoms with Crippen LogP contribution in [0.4, 0.5) is 5.69 Å². The highest BCUT2D eigenvalue weighted by atomic mass is 16.1. The molecule has 0 radical (unpaired) electrons. The number of carbonyl (C=O) groups excluding carboxylic acids is 1. The summed E-state index contributed by atoms with van der Waals surface area (Å²) in [4.78, 5) is 17.0. The van der Waals surface area contributed by atoms with Gasteiger partial charge in [-0.05, 0) is 55.1 Å². The van der Waals surface area contributed by atoms with E-state index in [1.54, 1.807) is 24.3 Å². The predicted molar refractivity (Wildman–Crippen MR) is 101 cm³/mol. The van der Waals surface area contributed by atoms with E-state index in [0.29, 0.717) is 11.1 Å². The summed E-state index contributed by atoms with van der Waals surface area (Å²) in [6.07, 6.45) is 3.35. The number of carbonyl (C=O) groups is 1. The number of anilines is 1. The van der Waals surface area contributed by atoms with Gasteiger partial charge >= 0.3 is 0 Å². The Morgan fingerprint density at radius 1 is 1.00 bits per heavy atom. The summed E-state index contributed by atoms with van der Waals surface area (Å²) in [6.45, 7) is 4.16. The summed E-state index contributed by atoms with van der Waals surface area (Å²) in [5, 5.41) is 8.80. The van der Waals surface area contributed by atoms with Gasteiger partial charge in [0, 0.05) is 37.4 Å². The molecule has 2 aromatic carbocycles. The van der Waals surface area contributed by atoms with Gasteiger partial charge in [0.2, 0.25) is 0 Å². The maximum atomic E-state index is 12.3. The molecule has 0 saturated carbocycles. The molecule has 25 heavy (non-hydrogen) atoms. The Morgan fingerprint density at radius 3 is 2.24 bits per heavy atom. The molecule has 4 heteroatoms. The van der Waals surface area contributed by atoms with Gasteiger partial charge in [-0.2, -0.15) is 5.26 Å². The number of benzene rings is 2. The summed E-state index contributed by atoms with van der Waals surface area (Å²) in [6, 6.07) is 17.1. The fourth-order valence-electron chi connectivity index (χ4n) is 2.84. The largest absolute Gasteiger partial charge is 0.369 e. The van der Waals surface area contributed by atoms with Gasteiger partial charge in [0.15, 0.2) is 5.78 Å². The first-order chi connectivity index (χ1) is 12.2. The van der Waals surface area contributed by atoms with Gasteiger partial charge < -0.3 is 9.80 Å². The van der Waals surface area contributed by atoms with Gasteiger partial charge in [-0.3, -0.25) is 4.79 Å². The summed E-state index contributed by atoms with van der Waals surface area (Å²) in [5.41, 5.74) is 3.37. The number of hydrogen-bond acceptors (Lipinski definition) is 4. The van der Waals surface area contributed by atoms with Gasteiger partial charge in [0.05, 0.1) is 11.6 Å². The lowest BCUT2D eigenvalue weighted by Crippen LogP contribution is -2.44. The Morgan fingerprint density at radius 2 is 1.64 bits per heavy atom. The quantitative estimate of drug-likeness (QED) is 0.637. The summed E-state index contributed by atoms with van der Waals surface area (Å²) < 4.78 is 0. The van der Waals surface area contributed by atoms with Gasteiger partial charge in [0.25, 0.3) is 0 Å². The normalized spacial score (nSPS) is 15.3. The van der Waals surface area contributed by atoms with Gasteiger partial charge in [-0.25, -0.2) is 0 Å². The van der Waals surface area contributed by atoms with Crippen molar-refractivity contribution in [3.63, 3.8) is 0 Å². The van der Waals surface area contributed by atoms with Crippen molar-refractivity contribution < 1.29 is 4.79 Å². The average molecular weight is 331 g/mol. The van der Waals surface area contributed by atoms with E-state index in [4.69, 9.17) is 5.26 Å². The fourth-order valence-corrected chi connectivity index (χ4v) is 2.84. The number of rotatable bonds is 4. The van der Waals surface area contributed by atoms with Crippen LogP contribution in [0.3, 0.4) is 0 Å². The SMILES string of the molecule is CN1CCN(c2ccc(C(=O)/C=C/c3ccc(C#N)cc3)cc2)CC1. The van der Waals surface area contributed by atoms with Crippen LogP contribution in [0.15, 0.2) is 54.6 Å². The molecule has 1 aliphatic rings. The van der Waals surface area contributed by atoms with Crippen molar-refractivity contribution in [2.75, 3.05) is 38.1 Å². The maximum absolute atomic E-state index is 12.3. The number of allylic oxidation sites excluding steroid dienone is 1. The molecule has 4 nitrogen and oxygen atoms in total. The van der Waals surface area contributed by atoms with E-state index in [1.165, 1.54) is 5.69 Å². The van der Waals surface area contributed by atoms with Gasteiger partial charge in [-0.15, -0.1) is 0 Å². The van der Waals surface area contributed by atoms with E-state index in [9.17, 15) is 4.79 Å². The molecule has 0 spiro atoms. The zero-order valence-electron chi connectivity index (χ0n) is 14.4. The molecule has 0 bridgehead atoms. The molecule has 0 aromatic heterocycles. The molecule has 0 aliphatic carbocycles. The number of hydrogen-bond donors (Lipinski definition) is 0. The zero-order valence-corrected chi connectivity index (χ0v) is 14.4. The summed E-state index contributed by atoms with van der Waals surface area (Å²) in [5.74, 6) is -0.0192. The molecule has 1 saturated heterocycles. The third-order valence-electron chi connectivity index (χ3n) is 4.49.